The van der Waals surface area contributed by atoms with Crippen LogP contribution in [0.1, 0.15) is 29.5 Å². The van der Waals surface area contributed by atoms with Crippen LogP contribution in [0.2, 0.25) is 5.02 Å². The van der Waals surface area contributed by atoms with Crippen LogP contribution in [0.3, 0.4) is 0 Å². The highest BCUT2D eigenvalue weighted by Gasteiger charge is 2.69. The summed E-state index contributed by atoms with van der Waals surface area (Å²) in [4.78, 5) is 59.8. The molecule has 0 radical (unpaired) electrons. The third-order valence-corrected chi connectivity index (χ3v) is 11.8. The smallest absolute Gasteiger partial charge is 0.260 e. The highest BCUT2D eigenvalue weighted by molar-refractivity contribution is 6.31. The molecule has 6 atom stereocenters. The van der Waals surface area contributed by atoms with Crippen LogP contribution in [-0.2, 0) is 24.6 Å². The predicted octanol–water partition coefficient (Wildman–Crippen LogP) is 7.11. The van der Waals surface area contributed by atoms with Crippen molar-refractivity contribution in [1.29, 1.82) is 0 Å². The number of rotatable bonds is 8. The summed E-state index contributed by atoms with van der Waals surface area (Å²) in [6, 6.07) is 26.7. The molecule has 2 heterocycles. The second kappa shape index (κ2) is 13.5. The van der Waals surface area contributed by atoms with E-state index in [1.165, 1.54) is 19.1 Å². The van der Waals surface area contributed by atoms with E-state index in [0.717, 1.165) is 16.1 Å². The number of aromatic hydroxyl groups is 1. The topological polar surface area (TPSA) is 125 Å². The van der Waals surface area contributed by atoms with Crippen molar-refractivity contribution in [2.45, 2.75) is 25.2 Å². The van der Waals surface area contributed by atoms with E-state index in [1.807, 2.05) is 79.7 Å². The molecule has 2 saturated heterocycles. The number of halogens is 1. The summed E-state index contributed by atoms with van der Waals surface area (Å²) in [5, 5.41) is 12.2. The molecule has 0 unspecified atom stereocenters. The number of hydrogen-bond acceptors (Lipinski definition) is 8. The van der Waals surface area contributed by atoms with E-state index in [1.54, 1.807) is 36.4 Å². The zero-order valence-corrected chi connectivity index (χ0v) is 30.6. The van der Waals surface area contributed by atoms with E-state index in [-0.39, 0.29) is 35.5 Å². The molecule has 0 aromatic heterocycles. The number of phenols is 1. The highest BCUT2D eigenvalue weighted by Crippen LogP contribution is 2.61. The molecule has 1 saturated carbocycles. The lowest BCUT2D eigenvalue weighted by atomic mass is 9.50. The first kappa shape index (κ1) is 35.2. The van der Waals surface area contributed by atoms with Crippen molar-refractivity contribution in [2.75, 3.05) is 24.5 Å². The number of anilines is 2. The molecule has 2 aliphatic heterocycles. The number of aryl methyl sites for hydroxylation is 1. The van der Waals surface area contributed by atoms with Crippen molar-refractivity contribution in [3.05, 3.63) is 130 Å². The molecule has 274 valence electrons. The summed E-state index contributed by atoms with van der Waals surface area (Å²) in [6.45, 7) is 1.96. The van der Waals surface area contributed by atoms with Gasteiger partial charge in [0.1, 0.15) is 0 Å². The molecular formula is C43H38ClN3O7. The van der Waals surface area contributed by atoms with E-state index in [4.69, 9.17) is 21.1 Å². The number of amides is 4. The molecule has 2 N–H and O–H groups in total. The van der Waals surface area contributed by atoms with Gasteiger partial charge in [0.2, 0.25) is 17.6 Å². The van der Waals surface area contributed by atoms with E-state index < -0.39 is 46.8 Å². The van der Waals surface area contributed by atoms with Crippen LogP contribution < -0.4 is 19.8 Å². The predicted molar refractivity (Wildman–Crippen MR) is 204 cm³/mol. The minimum atomic E-state index is -1.41. The maximum atomic E-state index is 15.3. The first-order valence-electron chi connectivity index (χ1n) is 17.8. The molecule has 4 aliphatic rings. The molecule has 54 heavy (non-hydrogen) atoms. The SMILES string of the molecule is COc1cc(C=C[C@H]2C3=CC[C@@H]4C(=O)N(c5ccc(Cl)cc5)C(=O)[C@@H]4[C@@H]3C[C@H]3C(=O)N(Nc4ccc(C)cc4)C(=O)[C@@]23c2ccccc2)cc(OC)c1O. The molecule has 4 amide bonds. The molecule has 0 bridgehead atoms. The fraction of sp³-hybridized carbons (Fsp3) is 0.256. The Kier molecular flexibility index (Phi) is 8.81. The first-order valence-corrected chi connectivity index (χ1v) is 18.2. The van der Waals surface area contributed by atoms with Crippen molar-refractivity contribution in [2.24, 2.45) is 29.6 Å². The summed E-state index contributed by atoms with van der Waals surface area (Å²) in [5.41, 5.74) is 5.84. The quantitative estimate of drug-likeness (QED) is 0.145. The number of allylic oxidation sites excluding steroid dienone is 3. The second-order valence-electron chi connectivity index (χ2n) is 14.3. The van der Waals surface area contributed by atoms with Gasteiger partial charge in [-0.15, -0.1) is 0 Å². The molecule has 4 aromatic carbocycles. The van der Waals surface area contributed by atoms with Crippen LogP contribution in [0.5, 0.6) is 17.2 Å². The number of hydrogen-bond donors (Lipinski definition) is 2. The van der Waals surface area contributed by atoms with Gasteiger partial charge in [0, 0.05) is 10.9 Å². The fourth-order valence-corrected chi connectivity index (χ4v) is 9.18. The van der Waals surface area contributed by atoms with Crippen molar-refractivity contribution in [1.82, 2.24) is 5.01 Å². The number of carbonyl (C=O) groups excluding carboxylic acids is 4. The number of hydrazine groups is 1. The number of ether oxygens (including phenoxy) is 2. The number of carbonyl (C=O) groups is 4. The zero-order valence-electron chi connectivity index (χ0n) is 29.9. The van der Waals surface area contributed by atoms with Crippen LogP contribution in [0, 0.1) is 36.5 Å². The van der Waals surface area contributed by atoms with Gasteiger partial charge in [0.15, 0.2) is 11.5 Å². The lowest BCUT2D eigenvalue weighted by Gasteiger charge is -2.49. The molecule has 2 aliphatic carbocycles. The molecule has 11 heteroatoms. The van der Waals surface area contributed by atoms with Gasteiger partial charge in [0.05, 0.1) is 48.8 Å². The van der Waals surface area contributed by atoms with Crippen molar-refractivity contribution in [3.63, 3.8) is 0 Å². The van der Waals surface area contributed by atoms with Gasteiger partial charge in [-0.2, -0.15) is 5.01 Å². The lowest BCUT2D eigenvalue weighted by molar-refractivity contribution is -0.139. The molecule has 8 rings (SSSR count). The molecule has 0 spiro atoms. The van der Waals surface area contributed by atoms with E-state index in [9.17, 15) is 19.5 Å². The Hall–Kier alpha value is -5.87. The van der Waals surface area contributed by atoms with Crippen molar-refractivity contribution < 1.29 is 33.8 Å². The number of nitrogens with one attached hydrogen (secondary N) is 1. The Morgan fingerprint density at radius 2 is 1.52 bits per heavy atom. The van der Waals surface area contributed by atoms with Crippen LogP contribution in [0.25, 0.3) is 6.08 Å². The van der Waals surface area contributed by atoms with Gasteiger partial charge in [-0.1, -0.05) is 83.4 Å². The summed E-state index contributed by atoms with van der Waals surface area (Å²) in [5.74, 6) is -4.72. The van der Waals surface area contributed by atoms with Crippen molar-refractivity contribution >= 4 is 52.7 Å². The number of benzene rings is 4. The third-order valence-electron chi connectivity index (χ3n) is 11.5. The largest absolute Gasteiger partial charge is 0.502 e. The molecule has 10 nitrogen and oxygen atoms in total. The Balaban J connectivity index is 1.30. The van der Waals surface area contributed by atoms with Crippen LogP contribution in [0.15, 0.2) is 109 Å². The standard InChI is InChI=1S/C43H38ClN3O7/c1-24-9-14-28(15-10-24)45-47-40(50)34-23-32-30(18-19-31-37(32)41(51)46(39(31)49)29-16-12-27(44)13-17-29)33(43(34,42(47)52)26-7-5-4-6-8-26)20-11-25-21-35(53-2)38(48)36(22-25)54-3/h4-18,20-22,31-34,37,45,48H,19,23H2,1-3H3/t31-,32+,33-,34-,37-,43-/m0/s1. The van der Waals surface area contributed by atoms with Gasteiger partial charge >= 0.3 is 0 Å². The third kappa shape index (κ3) is 5.38. The number of methoxy groups -OCH3 is 2. The van der Waals surface area contributed by atoms with Gasteiger partial charge in [-0.05, 0) is 85.3 Å². The second-order valence-corrected chi connectivity index (χ2v) is 14.7. The van der Waals surface area contributed by atoms with Crippen LogP contribution in [-0.4, -0.2) is 48.0 Å². The summed E-state index contributed by atoms with van der Waals surface area (Å²) in [7, 11) is 2.88. The number of phenolic OH excluding ortho intramolecular Hbond substituents is 1. The maximum absolute atomic E-state index is 15.3. The average Bonchev–Trinajstić information content (AvgIpc) is 3.56. The van der Waals surface area contributed by atoms with Crippen LogP contribution in [0.4, 0.5) is 11.4 Å². The Labute approximate surface area is 317 Å². The highest BCUT2D eigenvalue weighted by atomic mass is 35.5. The molecular weight excluding hydrogens is 706 g/mol. The van der Waals surface area contributed by atoms with Gasteiger partial charge in [0.25, 0.3) is 11.8 Å². The van der Waals surface area contributed by atoms with Crippen molar-refractivity contribution in [3.8, 4) is 17.2 Å². The monoisotopic (exact) mass is 743 g/mol. The van der Waals surface area contributed by atoms with Crippen LogP contribution >= 0.6 is 11.6 Å². The number of imide groups is 2. The van der Waals surface area contributed by atoms with Gasteiger partial charge < -0.3 is 14.6 Å². The summed E-state index contributed by atoms with van der Waals surface area (Å²) < 4.78 is 10.9. The number of nitrogens with zero attached hydrogens (tertiary/aromatic N) is 2. The minimum Gasteiger partial charge on any atom is -0.502 e. The normalized spacial score (nSPS) is 26.1. The van der Waals surface area contributed by atoms with E-state index in [0.29, 0.717) is 33.9 Å². The maximum Gasteiger partial charge on any atom is 0.260 e. The Morgan fingerprint density at radius 1 is 0.852 bits per heavy atom. The van der Waals surface area contributed by atoms with Gasteiger partial charge in [-0.25, -0.2) is 0 Å². The fourth-order valence-electron chi connectivity index (χ4n) is 9.06. The molecule has 4 aromatic rings. The zero-order chi connectivity index (χ0) is 37.9. The van der Waals surface area contributed by atoms with E-state index in [2.05, 4.69) is 5.43 Å². The van der Waals surface area contributed by atoms with E-state index >= 15 is 4.79 Å². The average molecular weight is 744 g/mol. The Morgan fingerprint density at radius 3 is 2.17 bits per heavy atom. The Bertz CT molecular complexity index is 2210. The lowest BCUT2D eigenvalue weighted by Crippen LogP contribution is -2.54. The molecule has 3 fully saturated rings. The van der Waals surface area contributed by atoms with Gasteiger partial charge in [-0.3, -0.25) is 29.5 Å². The minimum absolute atomic E-state index is 0.152. The summed E-state index contributed by atoms with van der Waals surface area (Å²) >= 11 is 6.15. The first-order chi connectivity index (χ1) is 26.1. The number of fused-ring (bicyclic) bond motifs is 4. The summed E-state index contributed by atoms with van der Waals surface area (Å²) in [6.07, 6.45) is 6.20.